The van der Waals surface area contributed by atoms with Gasteiger partial charge in [-0.1, -0.05) is 35.3 Å². The summed E-state index contributed by atoms with van der Waals surface area (Å²) < 4.78 is 0.919. The fourth-order valence-corrected chi connectivity index (χ4v) is 3.66. The van der Waals surface area contributed by atoms with Gasteiger partial charge in [-0.25, -0.2) is 0 Å². The fraction of sp³-hybridized carbons (Fsp3) is 0.267. The molecule has 0 saturated heterocycles. The molecule has 0 saturated carbocycles. The Kier molecular flexibility index (Phi) is 5.69. The van der Waals surface area contributed by atoms with Crippen LogP contribution in [0.1, 0.15) is 41.0 Å². The van der Waals surface area contributed by atoms with Crippen molar-refractivity contribution < 1.29 is 4.79 Å². The molecule has 0 fully saturated rings. The summed E-state index contributed by atoms with van der Waals surface area (Å²) in [7, 11) is 0. The Morgan fingerprint density at radius 1 is 1.45 bits per heavy atom. The average Bonchev–Trinajstić information content (AvgIpc) is 2.91. The van der Waals surface area contributed by atoms with Crippen molar-refractivity contribution in [3.05, 3.63) is 50.6 Å². The van der Waals surface area contributed by atoms with Gasteiger partial charge < -0.3 is 5.32 Å². The summed E-state index contributed by atoms with van der Waals surface area (Å²) in [6.07, 6.45) is 1.96. The van der Waals surface area contributed by atoms with Crippen LogP contribution in [0.4, 0.5) is 0 Å². The molecule has 1 atom stereocenters. The van der Waals surface area contributed by atoms with Crippen LogP contribution in [0, 0.1) is 0 Å². The second-order valence-electron chi connectivity index (χ2n) is 4.49. The van der Waals surface area contributed by atoms with Crippen LogP contribution < -0.4 is 5.32 Å². The van der Waals surface area contributed by atoms with Crippen molar-refractivity contribution in [1.29, 1.82) is 0 Å². The summed E-state index contributed by atoms with van der Waals surface area (Å²) in [6.45, 7) is 2.12. The maximum absolute atomic E-state index is 12.4. The lowest BCUT2D eigenvalue weighted by Crippen LogP contribution is -2.28. The van der Waals surface area contributed by atoms with Gasteiger partial charge >= 0.3 is 0 Å². The number of hydrogen-bond acceptors (Lipinski definition) is 3. The van der Waals surface area contributed by atoms with Gasteiger partial charge in [-0.3, -0.25) is 4.79 Å². The highest BCUT2D eigenvalue weighted by atomic mass is 79.9. The Hall–Kier alpha value is -0.780. The van der Waals surface area contributed by atoms with Crippen LogP contribution in [0.2, 0.25) is 0 Å². The molecule has 0 bridgehead atoms. The Morgan fingerprint density at radius 3 is 2.85 bits per heavy atom. The summed E-state index contributed by atoms with van der Waals surface area (Å²) in [4.78, 5) is 14.3. The molecule has 1 aromatic heterocycles. The second kappa shape index (κ2) is 7.29. The number of halogens is 1. The van der Waals surface area contributed by atoms with Crippen molar-refractivity contribution in [3.63, 3.8) is 0 Å². The predicted octanol–water partition coefficient (Wildman–Crippen LogP) is 5.07. The van der Waals surface area contributed by atoms with E-state index in [9.17, 15) is 4.79 Å². The molecule has 0 aliphatic rings. The molecule has 2 rings (SSSR count). The lowest BCUT2D eigenvalue weighted by atomic mass is 10.1. The van der Waals surface area contributed by atoms with Crippen LogP contribution in [-0.4, -0.2) is 5.91 Å². The Labute approximate surface area is 137 Å². The third kappa shape index (κ3) is 3.87. The lowest BCUT2D eigenvalue weighted by Gasteiger charge is -2.17. The van der Waals surface area contributed by atoms with E-state index in [2.05, 4.69) is 46.9 Å². The first-order chi connectivity index (χ1) is 9.61. The van der Waals surface area contributed by atoms with E-state index in [4.69, 9.17) is 0 Å². The number of amides is 1. The van der Waals surface area contributed by atoms with Gasteiger partial charge in [0.05, 0.1) is 11.6 Å². The number of thiol groups is 1. The van der Waals surface area contributed by atoms with Crippen LogP contribution in [0.25, 0.3) is 0 Å². The van der Waals surface area contributed by atoms with Gasteiger partial charge in [0.15, 0.2) is 0 Å². The van der Waals surface area contributed by atoms with Crippen LogP contribution in [0.3, 0.4) is 0 Å². The SMILES string of the molecule is CCCC(NC(=O)c1ccc(Br)cc1S)c1cccs1. The van der Waals surface area contributed by atoms with Gasteiger partial charge in [-0.05, 0) is 36.1 Å². The fourth-order valence-electron chi connectivity index (χ4n) is 2.00. The quantitative estimate of drug-likeness (QED) is 0.707. The number of carbonyl (C=O) groups excluding carboxylic acids is 1. The summed E-state index contributed by atoms with van der Waals surface area (Å²) >= 11 is 9.42. The molecule has 1 N–H and O–H groups in total. The number of rotatable bonds is 5. The van der Waals surface area contributed by atoms with E-state index in [-0.39, 0.29) is 11.9 Å². The molecular weight excluding hydrogens is 354 g/mol. The molecule has 1 amide bonds. The van der Waals surface area contributed by atoms with Gasteiger partial charge in [0.25, 0.3) is 5.91 Å². The van der Waals surface area contributed by atoms with Crippen molar-refractivity contribution >= 4 is 45.8 Å². The maximum atomic E-state index is 12.4. The highest BCUT2D eigenvalue weighted by Gasteiger charge is 2.17. The number of nitrogens with one attached hydrogen (secondary N) is 1. The minimum Gasteiger partial charge on any atom is -0.344 e. The predicted molar refractivity (Wildman–Crippen MR) is 90.8 cm³/mol. The molecule has 0 aliphatic heterocycles. The summed E-state index contributed by atoms with van der Waals surface area (Å²) in [5.41, 5.74) is 0.606. The largest absolute Gasteiger partial charge is 0.344 e. The molecule has 0 spiro atoms. The van der Waals surface area contributed by atoms with E-state index in [1.165, 1.54) is 4.88 Å². The van der Waals surface area contributed by atoms with Gasteiger partial charge in [0.2, 0.25) is 0 Å². The van der Waals surface area contributed by atoms with Gasteiger partial charge in [0, 0.05) is 14.2 Å². The highest BCUT2D eigenvalue weighted by Crippen LogP contribution is 2.25. The molecule has 20 heavy (non-hydrogen) atoms. The highest BCUT2D eigenvalue weighted by molar-refractivity contribution is 9.10. The molecule has 1 aromatic carbocycles. The molecular formula is C15H16BrNOS2. The number of carbonyl (C=O) groups is 1. The lowest BCUT2D eigenvalue weighted by molar-refractivity contribution is 0.0932. The van der Waals surface area contributed by atoms with E-state index < -0.39 is 0 Å². The summed E-state index contributed by atoms with van der Waals surface area (Å²) in [6, 6.07) is 9.63. The molecule has 1 unspecified atom stereocenters. The smallest absolute Gasteiger partial charge is 0.252 e. The van der Waals surface area contributed by atoms with Crippen molar-refractivity contribution in [3.8, 4) is 0 Å². The van der Waals surface area contributed by atoms with Crippen molar-refractivity contribution in [1.82, 2.24) is 5.32 Å². The van der Waals surface area contributed by atoms with E-state index in [0.717, 1.165) is 17.3 Å². The molecule has 0 radical (unpaired) electrons. The zero-order valence-corrected chi connectivity index (χ0v) is 14.4. The first-order valence-electron chi connectivity index (χ1n) is 6.44. The van der Waals surface area contributed by atoms with Gasteiger partial charge in [0.1, 0.15) is 0 Å². The molecule has 5 heteroatoms. The summed E-state index contributed by atoms with van der Waals surface area (Å²) in [5, 5.41) is 5.14. The monoisotopic (exact) mass is 369 g/mol. The Bertz CT molecular complexity index is 584. The minimum absolute atomic E-state index is 0.0730. The molecule has 2 aromatic rings. The van der Waals surface area contributed by atoms with Crippen LogP contribution >= 0.6 is 39.9 Å². The molecule has 2 nitrogen and oxygen atoms in total. The van der Waals surface area contributed by atoms with Crippen LogP contribution in [0.15, 0.2) is 45.1 Å². The maximum Gasteiger partial charge on any atom is 0.252 e. The van der Waals surface area contributed by atoms with Crippen molar-refractivity contribution in [2.24, 2.45) is 0 Å². The normalized spacial score (nSPS) is 12.2. The minimum atomic E-state index is -0.0747. The first kappa shape index (κ1) is 15.6. The van der Waals surface area contributed by atoms with E-state index in [1.807, 2.05) is 23.6 Å². The summed E-state index contributed by atoms with van der Waals surface area (Å²) in [5.74, 6) is -0.0747. The molecule has 0 aliphatic carbocycles. The zero-order chi connectivity index (χ0) is 14.5. The number of benzene rings is 1. The van der Waals surface area contributed by atoms with E-state index in [0.29, 0.717) is 10.5 Å². The standard InChI is InChI=1S/C15H16BrNOS2/c1-2-4-12(14-5-3-8-20-14)17-15(18)11-7-6-10(16)9-13(11)19/h3,5-9,12,19H,2,4H2,1H3,(H,17,18). The third-order valence-corrected chi connectivity index (χ3v) is 4.82. The second-order valence-corrected chi connectivity index (χ2v) is 6.87. The molecule has 106 valence electrons. The van der Waals surface area contributed by atoms with Crippen LogP contribution in [0.5, 0.6) is 0 Å². The average molecular weight is 370 g/mol. The Balaban J connectivity index is 2.16. The van der Waals surface area contributed by atoms with E-state index >= 15 is 0 Å². The van der Waals surface area contributed by atoms with Crippen molar-refractivity contribution in [2.45, 2.75) is 30.7 Å². The van der Waals surface area contributed by atoms with Gasteiger partial charge in [-0.15, -0.1) is 24.0 Å². The zero-order valence-electron chi connectivity index (χ0n) is 11.1. The Morgan fingerprint density at radius 2 is 2.25 bits per heavy atom. The van der Waals surface area contributed by atoms with Crippen molar-refractivity contribution in [2.75, 3.05) is 0 Å². The number of hydrogen-bond donors (Lipinski definition) is 2. The van der Waals surface area contributed by atoms with Crippen LogP contribution in [-0.2, 0) is 0 Å². The third-order valence-electron chi connectivity index (χ3n) is 2.97. The molecule has 1 heterocycles. The first-order valence-corrected chi connectivity index (χ1v) is 8.56. The van der Waals surface area contributed by atoms with Gasteiger partial charge in [-0.2, -0.15) is 0 Å². The topological polar surface area (TPSA) is 29.1 Å². The van der Waals surface area contributed by atoms with E-state index in [1.54, 1.807) is 17.4 Å². The number of thiophene rings is 1.